The predicted molar refractivity (Wildman–Crippen MR) is 125 cm³/mol. The SMILES string of the molecule is Cn1c(C(C(=O)C(c2cc3c(n2C)CNCC3)N2CC(F)(F)C2)N2CC(F)(F)C2)cc2c1CNCC2. The normalized spacial score (nSPS) is 24.8. The molecule has 11 heteroatoms. The van der Waals surface area contributed by atoms with Crippen LogP contribution in [0.5, 0.6) is 0 Å². The summed E-state index contributed by atoms with van der Waals surface area (Å²) in [6.07, 6.45) is 1.58. The van der Waals surface area contributed by atoms with Gasteiger partial charge in [-0.25, -0.2) is 17.6 Å². The van der Waals surface area contributed by atoms with Gasteiger partial charge in [0.15, 0.2) is 5.78 Å². The summed E-state index contributed by atoms with van der Waals surface area (Å²) >= 11 is 0. The van der Waals surface area contributed by atoms with Gasteiger partial charge in [-0.2, -0.15) is 0 Å². The molecule has 2 N–H and O–H groups in total. The van der Waals surface area contributed by atoms with Crippen molar-refractivity contribution in [2.45, 2.75) is 49.9 Å². The summed E-state index contributed by atoms with van der Waals surface area (Å²) < 4.78 is 60.0. The van der Waals surface area contributed by atoms with E-state index in [2.05, 4.69) is 10.6 Å². The summed E-state index contributed by atoms with van der Waals surface area (Å²) in [5.41, 5.74) is 5.58. The maximum atomic E-state index is 14.4. The zero-order valence-electron chi connectivity index (χ0n) is 20.6. The van der Waals surface area contributed by atoms with Crippen LogP contribution in [0.1, 0.15) is 46.0 Å². The molecule has 2 aromatic heterocycles. The first kappa shape index (κ1) is 24.1. The van der Waals surface area contributed by atoms with Gasteiger partial charge in [-0.3, -0.25) is 14.6 Å². The minimum Gasteiger partial charge on any atom is -0.348 e. The second-order valence-electron chi connectivity index (χ2n) is 10.8. The van der Waals surface area contributed by atoms with Crippen LogP contribution in [-0.2, 0) is 44.8 Å². The largest absolute Gasteiger partial charge is 0.348 e. The second kappa shape index (κ2) is 8.41. The Labute approximate surface area is 207 Å². The number of nitrogens with zero attached hydrogens (tertiary/aromatic N) is 4. The van der Waals surface area contributed by atoms with Crippen LogP contribution in [-0.4, -0.2) is 75.8 Å². The smallest absolute Gasteiger partial charge is 0.273 e. The zero-order chi connectivity index (χ0) is 25.4. The third kappa shape index (κ3) is 3.91. The molecule has 4 aliphatic heterocycles. The molecule has 0 aromatic carbocycles. The number of rotatable bonds is 6. The highest BCUT2D eigenvalue weighted by Gasteiger charge is 2.55. The molecule has 0 radical (unpaired) electrons. The second-order valence-corrected chi connectivity index (χ2v) is 10.8. The van der Waals surface area contributed by atoms with Gasteiger partial charge >= 0.3 is 0 Å². The molecule has 2 fully saturated rings. The van der Waals surface area contributed by atoms with E-state index in [9.17, 15) is 22.4 Å². The molecular formula is C25H32F4N6O. The van der Waals surface area contributed by atoms with Crippen molar-refractivity contribution in [3.8, 4) is 0 Å². The monoisotopic (exact) mass is 508 g/mol. The molecule has 2 unspecified atom stereocenters. The molecule has 6 heterocycles. The molecule has 4 aliphatic rings. The quantitative estimate of drug-likeness (QED) is 0.584. The predicted octanol–water partition coefficient (Wildman–Crippen LogP) is 1.91. The van der Waals surface area contributed by atoms with Crippen LogP contribution in [0, 0.1) is 0 Å². The van der Waals surface area contributed by atoms with Crippen molar-refractivity contribution in [1.29, 1.82) is 0 Å². The maximum absolute atomic E-state index is 14.4. The van der Waals surface area contributed by atoms with Gasteiger partial charge in [0, 0.05) is 50.0 Å². The molecule has 2 aromatic rings. The Morgan fingerprint density at radius 1 is 0.778 bits per heavy atom. The number of Topliss-reactive ketones (excluding diaryl/α,β-unsaturated/α-hetero) is 1. The maximum Gasteiger partial charge on any atom is 0.273 e. The minimum atomic E-state index is -2.86. The number of alkyl halides is 4. The molecule has 6 rings (SSSR count). The fourth-order valence-corrected chi connectivity index (χ4v) is 6.38. The van der Waals surface area contributed by atoms with Crippen molar-refractivity contribution in [1.82, 2.24) is 29.6 Å². The van der Waals surface area contributed by atoms with Gasteiger partial charge in [0.25, 0.3) is 11.8 Å². The molecule has 7 nitrogen and oxygen atoms in total. The number of carbonyl (C=O) groups is 1. The molecule has 0 bridgehead atoms. The fourth-order valence-electron chi connectivity index (χ4n) is 6.38. The molecule has 0 amide bonds. The van der Waals surface area contributed by atoms with Crippen LogP contribution < -0.4 is 10.6 Å². The van der Waals surface area contributed by atoms with E-state index < -0.39 is 50.1 Å². The molecule has 2 saturated heterocycles. The standard InChI is InChI=1S/C25H32F4N6O/c1-32-17(7-15-3-5-30-9-19(15)32)21(34-11-24(26,27)12-34)23(36)22(35-13-25(28,29)14-35)18-8-16-4-6-31-10-20(16)33(18)2/h7-8,21-22,30-31H,3-6,9-14H2,1-2H3. The average molecular weight is 509 g/mol. The first-order valence-electron chi connectivity index (χ1n) is 12.6. The Morgan fingerprint density at radius 3 is 1.50 bits per heavy atom. The third-order valence-corrected chi connectivity index (χ3v) is 8.26. The van der Waals surface area contributed by atoms with Gasteiger partial charge in [0.05, 0.1) is 26.2 Å². The van der Waals surface area contributed by atoms with Crippen molar-refractivity contribution >= 4 is 5.78 Å². The highest BCUT2D eigenvalue weighted by Crippen LogP contribution is 2.43. The van der Waals surface area contributed by atoms with Gasteiger partial charge in [0.1, 0.15) is 12.1 Å². The Morgan fingerprint density at radius 2 is 1.17 bits per heavy atom. The van der Waals surface area contributed by atoms with Crippen molar-refractivity contribution in [2.75, 3.05) is 39.3 Å². The number of halogens is 4. The van der Waals surface area contributed by atoms with E-state index >= 15 is 0 Å². The Bertz CT molecular complexity index is 1100. The third-order valence-electron chi connectivity index (χ3n) is 8.26. The van der Waals surface area contributed by atoms with Crippen LogP contribution in [0.2, 0.25) is 0 Å². The summed E-state index contributed by atoms with van der Waals surface area (Å²) in [5.74, 6) is -6.04. The molecule has 196 valence electrons. The van der Waals surface area contributed by atoms with Crippen LogP contribution in [0.3, 0.4) is 0 Å². The number of hydrogen-bond donors (Lipinski definition) is 2. The summed E-state index contributed by atoms with van der Waals surface area (Å²) in [7, 11) is 3.72. The zero-order valence-corrected chi connectivity index (χ0v) is 20.6. The lowest BCUT2D eigenvalue weighted by Crippen LogP contribution is -2.62. The van der Waals surface area contributed by atoms with E-state index in [0.717, 1.165) is 48.4 Å². The van der Waals surface area contributed by atoms with E-state index in [1.165, 1.54) is 9.80 Å². The number of nitrogens with one attached hydrogen (secondary N) is 2. The summed E-state index contributed by atoms with van der Waals surface area (Å²) in [5, 5.41) is 6.65. The van der Waals surface area contributed by atoms with E-state index in [1.807, 2.05) is 35.4 Å². The lowest BCUT2D eigenvalue weighted by atomic mass is 9.91. The highest BCUT2D eigenvalue weighted by atomic mass is 19.3. The van der Waals surface area contributed by atoms with Crippen molar-refractivity contribution in [3.05, 3.63) is 46.0 Å². The molecule has 2 atom stereocenters. The van der Waals surface area contributed by atoms with Gasteiger partial charge < -0.3 is 19.8 Å². The average Bonchev–Trinajstić information content (AvgIpc) is 3.29. The number of carbonyl (C=O) groups excluding carboxylic acids is 1. The first-order chi connectivity index (χ1) is 17.0. The molecule has 0 saturated carbocycles. The van der Waals surface area contributed by atoms with E-state index in [0.29, 0.717) is 24.5 Å². The number of aromatic nitrogens is 2. The van der Waals surface area contributed by atoms with Gasteiger partial charge in [-0.05, 0) is 49.2 Å². The van der Waals surface area contributed by atoms with Gasteiger partial charge in [-0.15, -0.1) is 0 Å². The van der Waals surface area contributed by atoms with Crippen molar-refractivity contribution in [2.24, 2.45) is 14.1 Å². The van der Waals surface area contributed by atoms with Crippen LogP contribution in [0.4, 0.5) is 17.6 Å². The molecular weight excluding hydrogens is 476 g/mol. The van der Waals surface area contributed by atoms with Crippen LogP contribution in [0.15, 0.2) is 12.1 Å². The fraction of sp³-hybridized carbons (Fsp3) is 0.640. The summed E-state index contributed by atoms with van der Waals surface area (Å²) in [6, 6.07) is 2.03. The Hall–Kier alpha value is -2.21. The lowest BCUT2D eigenvalue weighted by molar-refractivity contribution is -0.174. The number of ketones is 1. The Balaban J connectivity index is 1.43. The van der Waals surface area contributed by atoms with E-state index in [-0.39, 0.29) is 5.78 Å². The minimum absolute atomic E-state index is 0.321. The first-order valence-corrected chi connectivity index (χ1v) is 12.6. The highest BCUT2D eigenvalue weighted by molar-refractivity contribution is 5.91. The van der Waals surface area contributed by atoms with Crippen molar-refractivity contribution in [3.63, 3.8) is 0 Å². The van der Waals surface area contributed by atoms with Crippen molar-refractivity contribution < 1.29 is 22.4 Å². The number of likely N-dealkylation sites (tertiary alicyclic amines) is 2. The molecule has 36 heavy (non-hydrogen) atoms. The van der Waals surface area contributed by atoms with Gasteiger partial charge in [0.2, 0.25) is 0 Å². The summed E-state index contributed by atoms with van der Waals surface area (Å²) in [6.45, 7) is 0.824. The van der Waals surface area contributed by atoms with Crippen LogP contribution in [0.25, 0.3) is 0 Å². The number of hydrogen-bond acceptors (Lipinski definition) is 5. The van der Waals surface area contributed by atoms with Gasteiger partial charge in [-0.1, -0.05) is 0 Å². The molecule has 0 spiro atoms. The lowest BCUT2D eigenvalue weighted by Gasteiger charge is -2.47. The van der Waals surface area contributed by atoms with Crippen LogP contribution >= 0.6 is 0 Å². The molecule has 0 aliphatic carbocycles. The topological polar surface area (TPSA) is 57.5 Å². The summed E-state index contributed by atoms with van der Waals surface area (Å²) in [4.78, 5) is 17.4. The number of fused-ring (bicyclic) bond motifs is 2. The Kier molecular flexibility index (Phi) is 5.64. The van der Waals surface area contributed by atoms with E-state index in [1.54, 1.807) is 0 Å². The van der Waals surface area contributed by atoms with E-state index in [4.69, 9.17) is 0 Å².